The minimum atomic E-state index is 0.245. The van der Waals surface area contributed by atoms with E-state index in [9.17, 15) is 0 Å². The van der Waals surface area contributed by atoms with Crippen molar-refractivity contribution in [3.8, 4) is 0 Å². The number of hydrogen-bond donors (Lipinski definition) is 1. The third-order valence-electron chi connectivity index (χ3n) is 2.30. The molecule has 1 rings (SSSR count). The van der Waals surface area contributed by atoms with Gasteiger partial charge in [0.05, 0.1) is 0 Å². The Labute approximate surface area is 94.5 Å². The Hall–Kier alpha value is -0.500. The van der Waals surface area contributed by atoms with Gasteiger partial charge in [0.1, 0.15) is 0 Å². The number of halogens is 2. The smallest absolute Gasteiger partial charge is 0.0406 e. The summed E-state index contributed by atoms with van der Waals surface area (Å²) in [7, 11) is 0. The lowest BCUT2D eigenvalue weighted by atomic mass is 9.94. The Balaban J connectivity index is 2.89. The molecule has 0 saturated carbocycles. The zero-order valence-electron chi connectivity index (χ0n) is 8.00. The van der Waals surface area contributed by atoms with Gasteiger partial charge in [-0.3, -0.25) is 0 Å². The van der Waals surface area contributed by atoms with E-state index in [0.29, 0.717) is 6.54 Å². The van der Waals surface area contributed by atoms with Gasteiger partial charge in [-0.15, -0.1) is 0 Å². The minimum Gasteiger partial charge on any atom is -0.327 e. The molecule has 76 valence electrons. The molecular formula is C11H13Cl2N. The molecule has 1 nitrogen and oxygen atoms in total. The fourth-order valence-corrected chi connectivity index (χ4v) is 1.69. The lowest BCUT2D eigenvalue weighted by Crippen LogP contribution is -2.09. The van der Waals surface area contributed by atoms with Gasteiger partial charge in [-0.2, -0.15) is 0 Å². The van der Waals surface area contributed by atoms with Crippen molar-refractivity contribution in [3.63, 3.8) is 0 Å². The third-order valence-corrected chi connectivity index (χ3v) is 2.83. The summed E-state index contributed by atoms with van der Waals surface area (Å²) in [5.74, 6) is 0.245. The van der Waals surface area contributed by atoms with E-state index in [1.807, 2.05) is 24.3 Å². The molecule has 3 heteroatoms. The first-order valence-corrected chi connectivity index (χ1v) is 5.25. The van der Waals surface area contributed by atoms with Crippen LogP contribution in [0.1, 0.15) is 18.4 Å². The Morgan fingerprint density at radius 2 is 2.00 bits per heavy atom. The highest BCUT2D eigenvalue weighted by Gasteiger charge is 2.09. The first kappa shape index (κ1) is 11.6. The van der Waals surface area contributed by atoms with E-state index in [0.717, 1.165) is 10.6 Å². The molecule has 0 aliphatic rings. The van der Waals surface area contributed by atoms with Crippen LogP contribution in [0.15, 0.2) is 35.4 Å². The van der Waals surface area contributed by atoms with Gasteiger partial charge in [0, 0.05) is 23.0 Å². The summed E-state index contributed by atoms with van der Waals surface area (Å²) in [4.78, 5) is 0. The van der Waals surface area contributed by atoms with Gasteiger partial charge in [-0.05, 0) is 23.3 Å². The van der Waals surface area contributed by atoms with Crippen LogP contribution in [0.3, 0.4) is 0 Å². The first-order chi connectivity index (χ1) is 6.69. The molecule has 0 radical (unpaired) electrons. The lowest BCUT2D eigenvalue weighted by molar-refractivity contribution is 0.859. The van der Waals surface area contributed by atoms with Crippen molar-refractivity contribution >= 4 is 23.2 Å². The second-order valence-electron chi connectivity index (χ2n) is 3.16. The maximum atomic E-state index is 5.80. The van der Waals surface area contributed by atoms with Gasteiger partial charge in [0.15, 0.2) is 0 Å². The predicted molar refractivity (Wildman–Crippen MR) is 62.9 cm³/mol. The highest BCUT2D eigenvalue weighted by molar-refractivity contribution is 6.30. The molecule has 1 atom stereocenters. The summed E-state index contributed by atoms with van der Waals surface area (Å²) >= 11 is 11.5. The summed E-state index contributed by atoms with van der Waals surface area (Å²) in [6, 6.07) is 7.72. The molecule has 0 amide bonds. The Morgan fingerprint density at radius 1 is 1.43 bits per heavy atom. The summed E-state index contributed by atoms with van der Waals surface area (Å²) in [5, 5.41) is 0.741. The van der Waals surface area contributed by atoms with Crippen LogP contribution in [0.2, 0.25) is 5.02 Å². The molecule has 0 bridgehead atoms. The maximum Gasteiger partial charge on any atom is 0.0406 e. The fourth-order valence-electron chi connectivity index (χ4n) is 1.28. The van der Waals surface area contributed by atoms with Crippen molar-refractivity contribution in [1.29, 1.82) is 0 Å². The van der Waals surface area contributed by atoms with Crippen molar-refractivity contribution in [3.05, 3.63) is 46.0 Å². The number of rotatable bonds is 3. The molecule has 0 saturated heterocycles. The summed E-state index contributed by atoms with van der Waals surface area (Å²) in [6.45, 7) is 2.55. The van der Waals surface area contributed by atoms with Gasteiger partial charge in [-0.1, -0.05) is 42.3 Å². The van der Waals surface area contributed by atoms with Crippen LogP contribution in [0, 0.1) is 0 Å². The van der Waals surface area contributed by atoms with Crippen molar-refractivity contribution in [2.45, 2.75) is 12.8 Å². The molecule has 0 aliphatic carbocycles. The Bertz CT molecular complexity index is 317. The van der Waals surface area contributed by atoms with E-state index in [1.165, 1.54) is 5.56 Å². The van der Waals surface area contributed by atoms with E-state index in [-0.39, 0.29) is 5.92 Å². The van der Waals surface area contributed by atoms with Crippen molar-refractivity contribution < 1.29 is 0 Å². The van der Waals surface area contributed by atoms with E-state index >= 15 is 0 Å². The molecule has 0 heterocycles. The zero-order valence-corrected chi connectivity index (χ0v) is 9.52. The summed E-state index contributed by atoms with van der Waals surface area (Å²) in [5.41, 5.74) is 9.32. The Morgan fingerprint density at radius 3 is 2.43 bits per heavy atom. The van der Waals surface area contributed by atoms with Gasteiger partial charge in [0.2, 0.25) is 0 Å². The second kappa shape index (κ2) is 5.40. The van der Waals surface area contributed by atoms with Crippen LogP contribution in [-0.4, -0.2) is 6.54 Å². The highest BCUT2D eigenvalue weighted by atomic mass is 35.5. The molecular weight excluding hydrogens is 217 g/mol. The molecule has 1 aromatic rings. The van der Waals surface area contributed by atoms with Gasteiger partial charge >= 0.3 is 0 Å². The number of benzene rings is 1. The van der Waals surface area contributed by atoms with E-state index in [2.05, 4.69) is 6.92 Å². The van der Waals surface area contributed by atoms with Crippen LogP contribution in [0.5, 0.6) is 0 Å². The van der Waals surface area contributed by atoms with Crippen LogP contribution in [0.4, 0.5) is 0 Å². The van der Waals surface area contributed by atoms with Gasteiger partial charge < -0.3 is 5.73 Å². The molecule has 0 aromatic heterocycles. The summed E-state index contributed by atoms with van der Waals surface area (Å²) in [6.07, 6.45) is 0. The largest absolute Gasteiger partial charge is 0.327 e. The van der Waals surface area contributed by atoms with Crippen molar-refractivity contribution in [2.24, 2.45) is 5.73 Å². The third kappa shape index (κ3) is 2.74. The monoisotopic (exact) mass is 229 g/mol. The standard InChI is InChI=1S/C11H13Cl2N/c1-8(10(6-12)7-14)9-2-4-11(13)5-3-9/h2-6,8H,7,14H2,1H3/b10-6+. The molecule has 1 aromatic carbocycles. The average Bonchev–Trinajstić information content (AvgIpc) is 2.20. The van der Waals surface area contributed by atoms with E-state index in [4.69, 9.17) is 28.9 Å². The molecule has 2 N–H and O–H groups in total. The van der Waals surface area contributed by atoms with Gasteiger partial charge in [0.25, 0.3) is 0 Å². The molecule has 14 heavy (non-hydrogen) atoms. The van der Waals surface area contributed by atoms with Crippen LogP contribution in [-0.2, 0) is 0 Å². The number of nitrogens with two attached hydrogens (primary N) is 1. The predicted octanol–water partition coefficient (Wildman–Crippen LogP) is 3.52. The molecule has 0 fully saturated rings. The molecule has 0 aliphatic heterocycles. The van der Waals surface area contributed by atoms with E-state index in [1.54, 1.807) is 5.54 Å². The molecule has 1 unspecified atom stereocenters. The van der Waals surface area contributed by atoms with Crippen molar-refractivity contribution in [2.75, 3.05) is 6.54 Å². The zero-order chi connectivity index (χ0) is 10.6. The topological polar surface area (TPSA) is 26.0 Å². The van der Waals surface area contributed by atoms with Crippen LogP contribution in [0.25, 0.3) is 0 Å². The minimum absolute atomic E-state index is 0.245. The lowest BCUT2D eigenvalue weighted by Gasteiger charge is -2.13. The summed E-state index contributed by atoms with van der Waals surface area (Å²) < 4.78 is 0. The first-order valence-electron chi connectivity index (χ1n) is 4.43. The quantitative estimate of drug-likeness (QED) is 0.844. The highest BCUT2D eigenvalue weighted by Crippen LogP contribution is 2.24. The van der Waals surface area contributed by atoms with Crippen LogP contribution >= 0.6 is 23.2 Å². The second-order valence-corrected chi connectivity index (χ2v) is 3.82. The van der Waals surface area contributed by atoms with Crippen LogP contribution < -0.4 is 5.73 Å². The number of hydrogen-bond acceptors (Lipinski definition) is 1. The SMILES string of the molecule is CC(/C(=C/Cl)CN)c1ccc(Cl)cc1. The maximum absolute atomic E-state index is 5.80. The van der Waals surface area contributed by atoms with Gasteiger partial charge in [-0.25, -0.2) is 0 Å². The normalized spacial score (nSPS) is 14.1. The average molecular weight is 230 g/mol. The molecule has 0 spiro atoms. The fraction of sp³-hybridized carbons (Fsp3) is 0.273. The van der Waals surface area contributed by atoms with Crippen molar-refractivity contribution in [1.82, 2.24) is 0 Å². The Kier molecular flexibility index (Phi) is 4.46. The van der Waals surface area contributed by atoms with E-state index < -0.39 is 0 Å².